The minimum Gasteiger partial charge on any atom is -0.494 e. The fourth-order valence-corrected chi connectivity index (χ4v) is 2.24. The largest absolute Gasteiger partial charge is 0.494 e. The molecule has 0 aromatic heterocycles. The van der Waals surface area contributed by atoms with Gasteiger partial charge in [-0.1, -0.05) is 19.1 Å². The van der Waals surface area contributed by atoms with Crippen molar-refractivity contribution in [3.05, 3.63) is 29.8 Å². The van der Waals surface area contributed by atoms with Gasteiger partial charge in [0.2, 0.25) is 0 Å². The Balaban J connectivity index is 1.85. The van der Waals surface area contributed by atoms with Crippen LogP contribution in [0.3, 0.4) is 0 Å². The van der Waals surface area contributed by atoms with Crippen molar-refractivity contribution in [2.75, 3.05) is 32.8 Å². The summed E-state index contributed by atoms with van der Waals surface area (Å²) in [5.41, 5.74) is 6.96. The summed E-state index contributed by atoms with van der Waals surface area (Å²) in [6.45, 7) is 7.12. The topological polar surface area (TPSA) is 47.7 Å². The molecule has 4 nitrogen and oxygen atoms in total. The summed E-state index contributed by atoms with van der Waals surface area (Å²) < 4.78 is 11.2. The Bertz CT molecular complexity index is 367. The highest BCUT2D eigenvalue weighted by Crippen LogP contribution is 2.15. The monoisotopic (exact) mass is 264 g/mol. The molecule has 1 saturated heterocycles. The molecule has 1 aliphatic heterocycles. The van der Waals surface area contributed by atoms with E-state index in [1.54, 1.807) is 0 Å². The molecule has 0 saturated carbocycles. The van der Waals surface area contributed by atoms with Crippen molar-refractivity contribution in [1.82, 2.24) is 4.90 Å². The molecule has 2 N–H and O–H groups in total. The quantitative estimate of drug-likeness (QED) is 0.848. The summed E-state index contributed by atoms with van der Waals surface area (Å²) in [4.78, 5) is 2.39. The fraction of sp³-hybridized carbons (Fsp3) is 0.600. The zero-order valence-corrected chi connectivity index (χ0v) is 11.7. The highest BCUT2D eigenvalue weighted by atomic mass is 16.5. The summed E-state index contributed by atoms with van der Waals surface area (Å²) >= 11 is 0. The normalized spacial score (nSPS) is 20.4. The van der Waals surface area contributed by atoms with E-state index in [0.29, 0.717) is 6.54 Å². The van der Waals surface area contributed by atoms with Gasteiger partial charge in [-0.3, -0.25) is 4.90 Å². The Labute approximate surface area is 115 Å². The van der Waals surface area contributed by atoms with Crippen molar-refractivity contribution in [1.29, 1.82) is 0 Å². The third kappa shape index (κ3) is 4.49. The highest BCUT2D eigenvalue weighted by molar-refractivity contribution is 5.27. The molecule has 106 valence electrons. The van der Waals surface area contributed by atoms with Gasteiger partial charge in [-0.15, -0.1) is 0 Å². The molecule has 1 fully saturated rings. The number of hydrogen-bond donors (Lipinski definition) is 1. The maximum absolute atomic E-state index is 5.66. The number of benzene rings is 1. The molecule has 0 spiro atoms. The molecular formula is C15H24N2O2. The van der Waals surface area contributed by atoms with Crippen molar-refractivity contribution in [2.24, 2.45) is 5.73 Å². The van der Waals surface area contributed by atoms with Gasteiger partial charge in [0.1, 0.15) is 5.75 Å². The Morgan fingerprint density at radius 1 is 1.37 bits per heavy atom. The molecule has 0 amide bonds. The van der Waals surface area contributed by atoms with Crippen molar-refractivity contribution in [3.63, 3.8) is 0 Å². The van der Waals surface area contributed by atoms with Gasteiger partial charge in [0.05, 0.1) is 19.3 Å². The molecule has 1 atom stereocenters. The van der Waals surface area contributed by atoms with Gasteiger partial charge in [-0.2, -0.15) is 0 Å². The smallest absolute Gasteiger partial charge is 0.119 e. The molecule has 1 heterocycles. The van der Waals surface area contributed by atoms with Gasteiger partial charge >= 0.3 is 0 Å². The van der Waals surface area contributed by atoms with Crippen LogP contribution in [0.5, 0.6) is 5.75 Å². The van der Waals surface area contributed by atoms with Gasteiger partial charge in [0.15, 0.2) is 0 Å². The van der Waals surface area contributed by atoms with E-state index >= 15 is 0 Å². The number of hydrogen-bond acceptors (Lipinski definition) is 4. The molecule has 0 aliphatic carbocycles. The molecule has 4 heteroatoms. The van der Waals surface area contributed by atoms with E-state index < -0.39 is 0 Å². The van der Waals surface area contributed by atoms with Crippen molar-refractivity contribution in [2.45, 2.75) is 26.0 Å². The summed E-state index contributed by atoms with van der Waals surface area (Å²) in [6.07, 6.45) is 1.22. The summed E-state index contributed by atoms with van der Waals surface area (Å²) in [6, 6.07) is 8.37. The van der Waals surface area contributed by atoms with Crippen LogP contribution in [0.15, 0.2) is 24.3 Å². The van der Waals surface area contributed by atoms with Crippen LogP contribution in [-0.2, 0) is 11.3 Å². The maximum atomic E-state index is 5.66. The second-order valence-corrected chi connectivity index (χ2v) is 4.96. The highest BCUT2D eigenvalue weighted by Gasteiger charge is 2.18. The van der Waals surface area contributed by atoms with Gasteiger partial charge in [0.25, 0.3) is 0 Å². The lowest BCUT2D eigenvalue weighted by Crippen LogP contribution is -2.45. The van der Waals surface area contributed by atoms with Crippen LogP contribution in [0.1, 0.15) is 18.9 Å². The Morgan fingerprint density at radius 2 is 2.16 bits per heavy atom. The Kier molecular flexibility index (Phi) is 5.63. The molecule has 0 unspecified atom stereocenters. The molecule has 1 aliphatic rings. The average Bonchev–Trinajstić information content (AvgIpc) is 2.47. The van der Waals surface area contributed by atoms with E-state index in [0.717, 1.165) is 45.0 Å². The first-order valence-electron chi connectivity index (χ1n) is 7.07. The first-order chi connectivity index (χ1) is 9.31. The molecular weight excluding hydrogens is 240 g/mol. The van der Waals surface area contributed by atoms with Crippen molar-refractivity contribution < 1.29 is 9.47 Å². The molecule has 1 aromatic rings. The first kappa shape index (κ1) is 14.3. The number of nitrogens with zero attached hydrogens (tertiary/aromatic N) is 1. The lowest BCUT2D eigenvalue weighted by Gasteiger charge is -2.32. The average molecular weight is 264 g/mol. The van der Waals surface area contributed by atoms with E-state index in [2.05, 4.69) is 24.0 Å². The second-order valence-electron chi connectivity index (χ2n) is 4.96. The number of nitrogens with two attached hydrogens (primary N) is 1. The first-order valence-corrected chi connectivity index (χ1v) is 7.07. The summed E-state index contributed by atoms with van der Waals surface area (Å²) in [5.74, 6) is 0.951. The van der Waals surface area contributed by atoms with Crippen LogP contribution in [0.25, 0.3) is 0 Å². The SMILES string of the molecule is CCCOc1ccc(CN2CCO[C@H](CN)C2)cc1. The number of morpholine rings is 1. The van der Waals surface area contributed by atoms with Crippen LogP contribution >= 0.6 is 0 Å². The molecule has 0 bridgehead atoms. The third-order valence-corrected chi connectivity index (χ3v) is 3.29. The number of ether oxygens (including phenoxy) is 2. The minimum absolute atomic E-state index is 0.181. The Hall–Kier alpha value is -1.10. The third-order valence-electron chi connectivity index (χ3n) is 3.29. The van der Waals surface area contributed by atoms with Crippen LogP contribution < -0.4 is 10.5 Å². The van der Waals surface area contributed by atoms with E-state index in [1.807, 2.05) is 12.1 Å². The zero-order valence-electron chi connectivity index (χ0n) is 11.7. The van der Waals surface area contributed by atoms with Crippen molar-refractivity contribution in [3.8, 4) is 5.75 Å². The van der Waals surface area contributed by atoms with E-state index in [1.165, 1.54) is 5.56 Å². The zero-order chi connectivity index (χ0) is 13.5. The van der Waals surface area contributed by atoms with Crippen molar-refractivity contribution >= 4 is 0 Å². The number of rotatable bonds is 6. The van der Waals surface area contributed by atoms with Crippen LogP contribution in [0, 0.1) is 0 Å². The van der Waals surface area contributed by atoms with Gasteiger partial charge in [0, 0.05) is 26.2 Å². The predicted molar refractivity (Wildman–Crippen MR) is 76.3 cm³/mol. The standard InChI is InChI=1S/C15H24N2O2/c1-2-8-18-14-5-3-13(4-6-14)11-17-7-9-19-15(10-16)12-17/h3-6,15H,2,7-12,16H2,1H3/t15-/m1/s1. The molecule has 0 radical (unpaired) electrons. The fourth-order valence-electron chi connectivity index (χ4n) is 2.24. The molecule has 2 rings (SSSR count). The van der Waals surface area contributed by atoms with Crippen LogP contribution in [0.4, 0.5) is 0 Å². The van der Waals surface area contributed by atoms with E-state index in [-0.39, 0.29) is 6.10 Å². The van der Waals surface area contributed by atoms with Crippen LogP contribution in [-0.4, -0.2) is 43.9 Å². The van der Waals surface area contributed by atoms with Crippen LogP contribution in [0.2, 0.25) is 0 Å². The van der Waals surface area contributed by atoms with E-state index in [9.17, 15) is 0 Å². The predicted octanol–water partition coefficient (Wildman–Crippen LogP) is 1.63. The maximum Gasteiger partial charge on any atom is 0.119 e. The Morgan fingerprint density at radius 3 is 2.84 bits per heavy atom. The summed E-state index contributed by atoms with van der Waals surface area (Å²) in [7, 11) is 0. The lowest BCUT2D eigenvalue weighted by molar-refractivity contribution is -0.0260. The minimum atomic E-state index is 0.181. The second kappa shape index (κ2) is 7.48. The summed E-state index contributed by atoms with van der Waals surface area (Å²) in [5, 5.41) is 0. The van der Waals surface area contributed by atoms with Gasteiger partial charge < -0.3 is 15.2 Å². The molecule has 1 aromatic carbocycles. The van der Waals surface area contributed by atoms with Gasteiger partial charge in [-0.05, 0) is 24.1 Å². The van der Waals surface area contributed by atoms with E-state index in [4.69, 9.17) is 15.2 Å². The lowest BCUT2D eigenvalue weighted by atomic mass is 10.2. The van der Waals surface area contributed by atoms with Gasteiger partial charge in [-0.25, -0.2) is 0 Å². The molecule has 19 heavy (non-hydrogen) atoms.